The van der Waals surface area contributed by atoms with E-state index in [2.05, 4.69) is 14.5 Å². The number of hydrogen-bond acceptors (Lipinski definition) is 3. The first kappa shape index (κ1) is 16.9. The van der Waals surface area contributed by atoms with Gasteiger partial charge < -0.3 is 4.57 Å². The maximum atomic E-state index is 13.2. The molecule has 5 rings (SSSR count). The molecule has 2 aromatic heterocycles. The van der Waals surface area contributed by atoms with Crippen LogP contribution in [0.4, 0.5) is 13.2 Å². The molecular weight excluding hydrogens is 365 g/mol. The van der Waals surface area contributed by atoms with Crippen molar-refractivity contribution in [3.05, 3.63) is 66.2 Å². The van der Waals surface area contributed by atoms with Crippen molar-refractivity contribution in [3.8, 4) is 22.5 Å². The van der Waals surface area contributed by atoms with E-state index in [1.807, 2.05) is 18.2 Å². The van der Waals surface area contributed by atoms with Crippen LogP contribution in [0.1, 0.15) is 17.8 Å². The van der Waals surface area contributed by atoms with Crippen molar-refractivity contribution < 1.29 is 13.2 Å². The third-order valence-electron chi connectivity index (χ3n) is 5.03. The Morgan fingerprint density at radius 1 is 0.893 bits per heavy atom. The minimum atomic E-state index is -4.39. The predicted octanol–water partition coefficient (Wildman–Crippen LogP) is 5.13. The Bertz CT molecular complexity index is 1190. The van der Waals surface area contributed by atoms with Crippen molar-refractivity contribution in [2.24, 2.45) is 0 Å². The van der Waals surface area contributed by atoms with Crippen LogP contribution in [0.5, 0.6) is 0 Å². The van der Waals surface area contributed by atoms with E-state index in [4.69, 9.17) is 4.98 Å². The summed E-state index contributed by atoms with van der Waals surface area (Å²) in [5, 5.41) is 0. The molecule has 0 N–H and O–H groups in total. The number of aromatic nitrogens is 4. The van der Waals surface area contributed by atoms with Crippen LogP contribution in [-0.2, 0) is 19.1 Å². The zero-order valence-corrected chi connectivity index (χ0v) is 14.7. The molecule has 0 radical (unpaired) electrons. The molecule has 1 aliphatic heterocycles. The smallest absolute Gasteiger partial charge is 0.327 e. The molecule has 0 saturated carbocycles. The van der Waals surface area contributed by atoms with Crippen molar-refractivity contribution in [1.82, 2.24) is 19.5 Å². The number of benzene rings is 2. The quantitative estimate of drug-likeness (QED) is 0.484. The van der Waals surface area contributed by atoms with Gasteiger partial charge in [0, 0.05) is 36.5 Å². The Kier molecular flexibility index (Phi) is 3.72. The summed E-state index contributed by atoms with van der Waals surface area (Å²) in [6.45, 7) is 0.801. The lowest BCUT2D eigenvalue weighted by Gasteiger charge is -2.11. The fourth-order valence-electron chi connectivity index (χ4n) is 3.77. The Hall–Kier alpha value is -3.22. The van der Waals surface area contributed by atoms with Crippen LogP contribution >= 0.6 is 0 Å². The second kappa shape index (κ2) is 6.15. The van der Waals surface area contributed by atoms with E-state index >= 15 is 0 Å². The third kappa shape index (κ3) is 2.74. The summed E-state index contributed by atoms with van der Waals surface area (Å²) < 4.78 is 41.7. The fraction of sp³-hybridized carbons (Fsp3) is 0.190. The first-order valence-electron chi connectivity index (χ1n) is 8.99. The average Bonchev–Trinajstić information content (AvgIpc) is 3.28. The number of fused-ring (bicyclic) bond motifs is 2. The van der Waals surface area contributed by atoms with E-state index < -0.39 is 11.7 Å². The fourth-order valence-corrected chi connectivity index (χ4v) is 3.77. The molecule has 0 unspecified atom stereocenters. The van der Waals surface area contributed by atoms with Gasteiger partial charge in [0.2, 0.25) is 0 Å². The molecule has 0 saturated heterocycles. The lowest BCUT2D eigenvalue weighted by atomic mass is 10.0. The molecule has 0 spiro atoms. The molecule has 0 fully saturated rings. The SMILES string of the molecule is FC(F)(F)c1cccc(-c2nc3n(c2-c2ccc4nccnc4c2)CCC3)c1. The molecule has 0 amide bonds. The Morgan fingerprint density at radius 2 is 1.71 bits per heavy atom. The van der Waals surface area contributed by atoms with Crippen LogP contribution in [0.15, 0.2) is 54.9 Å². The van der Waals surface area contributed by atoms with Crippen molar-refractivity contribution in [3.63, 3.8) is 0 Å². The molecule has 4 nitrogen and oxygen atoms in total. The number of imidazole rings is 1. The first-order valence-corrected chi connectivity index (χ1v) is 8.99. The maximum Gasteiger partial charge on any atom is 0.416 e. The van der Waals surface area contributed by atoms with Gasteiger partial charge in [-0.1, -0.05) is 18.2 Å². The summed E-state index contributed by atoms with van der Waals surface area (Å²) in [5.74, 6) is 0.904. The molecule has 0 bridgehead atoms. The highest BCUT2D eigenvalue weighted by Crippen LogP contribution is 2.38. The Labute approximate surface area is 158 Å². The summed E-state index contributed by atoms with van der Waals surface area (Å²) in [6, 6.07) is 11.1. The average molecular weight is 380 g/mol. The Balaban J connectivity index is 1.72. The summed E-state index contributed by atoms with van der Waals surface area (Å²) in [4.78, 5) is 13.3. The Morgan fingerprint density at radius 3 is 2.54 bits per heavy atom. The van der Waals surface area contributed by atoms with Gasteiger partial charge in [-0.15, -0.1) is 0 Å². The zero-order chi connectivity index (χ0) is 19.3. The van der Waals surface area contributed by atoms with Gasteiger partial charge in [-0.05, 0) is 30.7 Å². The van der Waals surface area contributed by atoms with Crippen LogP contribution in [0.25, 0.3) is 33.5 Å². The van der Waals surface area contributed by atoms with E-state index in [-0.39, 0.29) is 0 Å². The van der Waals surface area contributed by atoms with Crippen LogP contribution < -0.4 is 0 Å². The van der Waals surface area contributed by atoms with Gasteiger partial charge >= 0.3 is 6.18 Å². The van der Waals surface area contributed by atoms with E-state index in [0.717, 1.165) is 53.6 Å². The van der Waals surface area contributed by atoms with E-state index in [1.165, 1.54) is 12.1 Å². The number of aryl methyl sites for hydroxylation is 1. The summed E-state index contributed by atoms with van der Waals surface area (Å²) in [7, 11) is 0. The standard InChI is InChI=1S/C21H15F3N4/c22-21(23,24)15-4-1-3-13(11-15)19-20(28-10-2-5-18(28)27-19)14-6-7-16-17(12-14)26-9-8-25-16/h1,3-4,6-9,11-12H,2,5,10H2. The van der Waals surface area contributed by atoms with Gasteiger partial charge in [-0.25, -0.2) is 4.98 Å². The molecule has 3 heterocycles. The predicted molar refractivity (Wildman–Crippen MR) is 99.5 cm³/mol. The maximum absolute atomic E-state index is 13.2. The van der Waals surface area contributed by atoms with Crippen molar-refractivity contribution in [2.45, 2.75) is 25.6 Å². The second-order valence-corrected chi connectivity index (χ2v) is 6.82. The highest BCUT2D eigenvalue weighted by Gasteiger charge is 2.31. The van der Waals surface area contributed by atoms with Crippen LogP contribution in [0, 0.1) is 0 Å². The lowest BCUT2D eigenvalue weighted by molar-refractivity contribution is -0.137. The highest BCUT2D eigenvalue weighted by atomic mass is 19.4. The van der Waals surface area contributed by atoms with E-state index in [9.17, 15) is 13.2 Å². The minimum Gasteiger partial charge on any atom is -0.327 e. The molecule has 7 heteroatoms. The van der Waals surface area contributed by atoms with Crippen molar-refractivity contribution in [2.75, 3.05) is 0 Å². The minimum absolute atomic E-state index is 0.464. The van der Waals surface area contributed by atoms with Gasteiger partial charge in [0.25, 0.3) is 0 Å². The summed E-state index contributed by atoms with van der Waals surface area (Å²) in [5.41, 5.74) is 3.58. The first-order chi connectivity index (χ1) is 13.5. The summed E-state index contributed by atoms with van der Waals surface area (Å²) >= 11 is 0. The second-order valence-electron chi connectivity index (χ2n) is 6.82. The zero-order valence-electron chi connectivity index (χ0n) is 14.7. The lowest BCUT2D eigenvalue weighted by Crippen LogP contribution is -2.04. The van der Waals surface area contributed by atoms with Gasteiger partial charge in [-0.2, -0.15) is 13.2 Å². The van der Waals surface area contributed by atoms with Crippen molar-refractivity contribution >= 4 is 11.0 Å². The number of nitrogens with zero attached hydrogens (tertiary/aromatic N) is 4. The molecule has 0 atom stereocenters. The van der Waals surface area contributed by atoms with Gasteiger partial charge in [0.05, 0.1) is 28.0 Å². The monoisotopic (exact) mass is 380 g/mol. The van der Waals surface area contributed by atoms with Gasteiger partial charge in [0.15, 0.2) is 0 Å². The molecule has 2 aromatic carbocycles. The molecule has 28 heavy (non-hydrogen) atoms. The van der Waals surface area contributed by atoms with Gasteiger partial charge in [0.1, 0.15) is 5.82 Å². The van der Waals surface area contributed by atoms with Crippen LogP contribution in [-0.4, -0.2) is 19.5 Å². The highest BCUT2D eigenvalue weighted by molar-refractivity contribution is 5.86. The molecule has 0 aliphatic carbocycles. The third-order valence-corrected chi connectivity index (χ3v) is 5.03. The molecule has 140 valence electrons. The molecule has 4 aromatic rings. The largest absolute Gasteiger partial charge is 0.416 e. The number of hydrogen-bond donors (Lipinski definition) is 0. The van der Waals surface area contributed by atoms with Gasteiger partial charge in [-0.3, -0.25) is 9.97 Å². The molecular formula is C21H15F3N4. The number of halogens is 3. The van der Waals surface area contributed by atoms with Crippen LogP contribution in [0.2, 0.25) is 0 Å². The van der Waals surface area contributed by atoms with Crippen molar-refractivity contribution in [1.29, 1.82) is 0 Å². The number of rotatable bonds is 2. The normalized spacial score (nSPS) is 13.8. The van der Waals surface area contributed by atoms with E-state index in [0.29, 0.717) is 11.3 Å². The summed E-state index contributed by atoms with van der Waals surface area (Å²) in [6.07, 6.45) is 0.662. The van der Waals surface area contributed by atoms with Crippen LogP contribution in [0.3, 0.4) is 0 Å². The number of alkyl halides is 3. The molecule has 1 aliphatic rings. The van der Waals surface area contributed by atoms with E-state index in [1.54, 1.807) is 18.5 Å². The topological polar surface area (TPSA) is 43.6 Å².